The third-order valence-corrected chi connectivity index (χ3v) is 13.7. The topological polar surface area (TPSA) is 17.8 Å². The van der Waals surface area contributed by atoms with Gasteiger partial charge in [-0.2, -0.15) is 0 Å². The lowest BCUT2D eigenvalue weighted by atomic mass is 10.0. The molecule has 6 heteroatoms. The molecule has 0 N–H and O–H groups in total. The highest BCUT2D eigenvalue weighted by Crippen LogP contribution is 2.49. The molecule has 2 heterocycles. The summed E-state index contributed by atoms with van der Waals surface area (Å²) in [5.74, 6) is -1.66. The average molecular weight is 491 g/mol. The summed E-state index contributed by atoms with van der Waals surface area (Å²) >= 11 is 3.79. The summed E-state index contributed by atoms with van der Waals surface area (Å²) < 4.78 is 31.5. The smallest absolute Gasteiger partial charge is 0.169 e. The monoisotopic (exact) mass is 490 g/mol. The Morgan fingerprint density at radius 1 is 0.833 bits per heavy atom. The van der Waals surface area contributed by atoms with Crippen molar-refractivity contribution < 1.29 is 8.78 Å². The van der Waals surface area contributed by atoms with Crippen LogP contribution in [0, 0.1) is 11.6 Å². The molecule has 0 unspecified atom stereocenters. The van der Waals surface area contributed by atoms with E-state index in [0.29, 0.717) is 22.2 Å². The van der Waals surface area contributed by atoms with Crippen molar-refractivity contribution in [1.82, 2.24) is 9.22 Å². The molecule has 0 radical (unpaired) electrons. The molecule has 0 atom stereocenters. The van der Waals surface area contributed by atoms with Crippen LogP contribution < -0.4 is 0 Å². The quantitative estimate of drug-likeness (QED) is 0.317. The largest absolute Gasteiger partial charge is 0.372 e. The summed E-state index contributed by atoms with van der Waals surface area (Å²) in [6.07, 6.45) is 5.68. The predicted molar refractivity (Wildman–Crippen MR) is 127 cm³/mol. The maximum absolute atomic E-state index is 14.3. The number of hydrogen-bond donors (Lipinski definition) is 0. The van der Waals surface area contributed by atoms with E-state index < -0.39 is 19.9 Å². The third-order valence-electron chi connectivity index (χ3n) is 6.31. The van der Waals surface area contributed by atoms with Crippen molar-refractivity contribution in [3.05, 3.63) is 65.0 Å². The van der Waals surface area contributed by atoms with Gasteiger partial charge in [-0.15, -0.1) is 0 Å². The Morgan fingerprint density at radius 2 is 1.40 bits per heavy atom. The molecule has 30 heavy (non-hydrogen) atoms. The minimum Gasteiger partial charge on any atom is -0.372 e. The van der Waals surface area contributed by atoms with Crippen LogP contribution >= 0.6 is 15.9 Å². The summed E-state index contributed by atoms with van der Waals surface area (Å²) in [6.45, 7) is 13.8. The van der Waals surface area contributed by atoms with Gasteiger partial charge in [0.25, 0.3) is 0 Å². The lowest BCUT2D eigenvalue weighted by Gasteiger charge is -2.45. The number of halogens is 3. The van der Waals surface area contributed by atoms with Crippen LogP contribution in [0.15, 0.2) is 53.4 Å². The summed E-state index contributed by atoms with van der Waals surface area (Å²) in [7, 11) is -2.15. The number of benzene rings is 1. The van der Waals surface area contributed by atoms with E-state index in [0.717, 1.165) is 21.3 Å². The van der Waals surface area contributed by atoms with Gasteiger partial charge in [-0.25, -0.2) is 8.78 Å². The van der Waals surface area contributed by atoms with Crippen molar-refractivity contribution in [2.75, 3.05) is 0 Å². The van der Waals surface area contributed by atoms with Crippen LogP contribution in [-0.2, 0) is 0 Å². The molecule has 0 aliphatic heterocycles. The number of nitrogens with zero attached hydrogens (tertiary/aromatic N) is 2. The minimum absolute atomic E-state index is 0.450. The third kappa shape index (κ3) is 3.69. The zero-order valence-electron chi connectivity index (χ0n) is 18.4. The lowest BCUT2D eigenvalue weighted by molar-refractivity contribution is 0.509. The van der Waals surface area contributed by atoms with E-state index in [-0.39, 0.29) is 0 Å². The van der Waals surface area contributed by atoms with Gasteiger partial charge in [-0.3, -0.25) is 4.98 Å². The van der Waals surface area contributed by atoms with Gasteiger partial charge < -0.3 is 4.23 Å². The van der Waals surface area contributed by atoms with E-state index >= 15 is 0 Å². The SMILES string of the molecule is CC(C)[Si](C(C)C)(C(C)C)n1cc(Br)c(-c2ccncc2)c1-c1ccc(F)c(F)c1. The second-order valence-electron chi connectivity index (χ2n) is 8.79. The Labute approximate surface area is 187 Å². The molecule has 3 rings (SSSR count). The maximum Gasteiger partial charge on any atom is 0.169 e. The highest BCUT2D eigenvalue weighted by Gasteiger charge is 2.47. The molecule has 0 bridgehead atoms. The van der Waals surface area contributed by atoms with E-state index in [2.05, 4.69) is 72.9 Å². The van der Waals surface area contributed by atoms with Gasteiger partial charge in [0.05, 0.1) is 0 Å². The van der Waals surface area contributed by atoms with Crippen molar-refractivity contribution in [2.45, 2.75) is 58.2 Å². The molecule has 1 aromatic carbocycles. The zero-order chi connectivity index (χ0) is 22.2. The van der Waals surface area contributed by atoms with Gasteiger partial charge >= 0.3 is 0 Å². The normalized spacial score (nSPS) is 12.4. The second-order valence-corrected chi connectivity index (χ2v) is 15.4. The molecule has 0 fully saturated rings. The van der Waals surface area contributed by atoms with Crippen LogP contribution in [0.1, 0.15) is 41.5 Å². The minimum atomic E-state index is -2.15. The Kier molecular flexibility index (Phi) is 6.68. The first-order chi connectivity index (χ1) is 14.1. The van der Waals surface area contributed by atoms with Crippen molar-refractivity contribution in [2.24, 2.45) is 0 Å². The molecule has 0 saturated heterocycles. The Hall–Kier alpha value is -1.79. The highest BCUT2D eigenvalue weighted by molar-refractivity contribution is 9.10. The fourth-order valence-electron chi connectivity index (χ4n) is 5.34. The van der Waals surface area contributed by atoms with Gasteiger partial charge in [-0.05, 0) is 68.4 Å². The summed E-state index contributed by atoms with van der Waals surface area (Å²) in [6, 6.07) is 8.13. The van der Waals surface area contributed by atoms with E-state index in [4.69, 9.17) is 0 Å². The van der Waals surface area contributed by atoms with Crippen molar-refractivity contribution in [1.29, 1.82) is 0 Å². The average Bonchev–Trinajstić information content (AvgIpc) is 3.01. The van der Waals surface area contributed by atoms with Gasteiger partial charge in [0, 0.05) is 39.9 Å². The van der Waals surface area contributed by atoms with Crippen molar-refractivity contribution in [3.8, 4) is 22.4 Å². The fraction of sp³-hybridized carbons (Fsp3) is 0.375. The molecule has 2 aromatic heterocycles. The van der Waals surface area contributed by atoms with Crippen LogP contribution in [0.2, 0.25) is 16.6 Å². The Balaban J connectivity index is 2.46. The maximum atomic E-state index is 14.3. The lowest BCUT2D eigenvalue weighted by Crippen LogP contribution is -2.52. The summed E-state index contributed by atoms with van der Waals surface area (Å²) in [4.78, 5) is 4.15. The van der Waals surface area contributed by atoms with E-state index in [1.807, 2.05) is 12.1 Å². The van der Waals surface area contributed by atoms with Crippen LogP contribution in [0.5, 0.6) is 0 Å². The number of pyridine rings is 1. The van der Waals surface area contributed by atoms with Gasteiger partial charge in [-0.1, -0.05) is 41.5 Å². The number of rotatable bonds is 6. The molecular formula is C24H29BrF2N2Si. The second kappa shape index (κ2) is 8.75. The standard InChI is InChI=1S/C24H29BrF2N2Si/c1-15(2)30(16(3)4,17(5)6)29-14-20(25)23(18-9-11-28-12-10-18)24(29)19-7-8-21(26)22(27)13-19/h7-17H,1-6H3. The molecule has 160 valence electrons. The van der Waals surface area contributed by atoms with Crippen molar-refractivity contribution in [3.63, 3.8) is 0 Å². The van der Waals surface area contributed by atoms with Gasteiger partial charge in [0.1, 0.15) is 0 Å². The van der Waals surface area contributed by atoms with E-state index in [1.165, 1.54) is 12.1 Å². The van der Waals surface area contributed by atoms with Crippen LogP contribution in [-0.4, -0.2) is 17.5 Å². The van der Waals surface area contributed by atoms with E-state index in [1.54, 1.807) is 18.5 Å². The molecule has 2 nitrogen and oxygen atoms in total. The number of hydrogen-bond acceptors (Lipinski definition) is 1. The predicted octanol–water partition coefficient (Wildman–Crippen LogP) is 8.28. The highest BCUT2D eigenvalue weighted by atomic mass is 79.9. The first kappa shape index (κ1) is 22.9. The van der Waals surface area contributed by atoms with Crippen molar-refractivity contribution >= 4 is 24.2 Å². The van der Waals surface area contributed by atoms with Gasteiger partial charge in [0.15, 0.2) is 19.9 Å². The molecule has 3 aromatic rings. The molecule has 0 aliphatic rings. The first-order valence-electron chi connectivity index (χ1n) is 10.4. The fourth-order valence-corrected chi connectivity index (χ4v) is 12.8. The molecule has 0 spiro atoms. The molecule has 0 aliphatic carbocycles. The van der Waals surface area contributed by atoms with Gasteiger partial charge in [0.2, 0.25) is 0 Å². The zero-order valence-corrected chi connectivity index (χ0v) is 21.0. The van der Waals surface area contributed by atoms with Crippen LogP contribution in [0.3, 0.4) is 0 Å². The summed E-state index contributed by atoms with van der Waals surface area (Å²) in [5, 5.41) is 0. The van der Waals surface area contributed by atoms with Crippen LogP contribution in [0.25, 0.3) is 22.4 Å². The van der Waals surface area contributed by atoms with E-state index in [9.17, 15) is 8.78 Å². The molecule has 0 saturated carbocycles. The molecule has 0 amide bonds. The molecular weight excluding hydrogens is 462 g/mol. The first-order valence-corrected chi connectivity index (χ1v) is 13.4. The Morgan fingerprint density at radius 3 is 1.90 bits per heavy atom. The van der Waals surface area contributed by atoms with Crippen LogP contribution in [0.4, 0.5) is 8.78 Å². The Bertz CT molecular complexity index is 1010. The number of aromatic nitrogens is 2. The summed E-state index contributed by atoms with van der Waals surface area (Å²) in [5.41, 5.74) is 4.96.